The van der Waals surface area contributed by atoms with Crippen molar-refractivity contribution in [2.24, 2.45) is 5.41 Å². The minimum Gasteiger partial charge on any atom is -0.304 e. The predicted molar refractivity (Wildman–Crippen MR) is 80.1 cm³/mol. The molecule has 1 atom stereocenters. The molecule has 0 fully saturated rings. The molecule has 1 heterocycles. The van der Waals surface area contributed by atoms with E-state index in [0.717, 1.165) is 5.69 Å². The maximum atomic E-state index is 12.7. The molecular formula is C15H19NO3S. The first kappa shape index (κ1) is 14.8. The number of hydrogen-bond donors (Lipinski definition) is 0. The van der Waals surface area contributed by atoms with Crippen LogP contribution in [-0.4, -0.2) is 26.1 Å². The Morgan fingerprint density at radius 2 is 1.80 bits per heavy atom. The van der Waals surface area contributed by atoms with Crippen LogP contribution in [0, 0.1) is 5.41 Å². The average Bonchev–Trinajstić information content (AvgIpc) is 2.70. The van der Waals surface area contributed by atoms with Gasteiger partial charge in [0.1, 0.15) is 0 Å². The summed E-state index contributed by atoms with van der Waals surface area (Å²) in [5.41, 5.74) is 0.148. The molecular weight excluding hydrogens is 274 g/mol. The quantitative estimate of drug-likeness (QED) is 0.841. The first-order valence-corrected chi connectivity index (χ1v) is 8.22. The van der Waals surface area contributed by atoms with Crippen LogP contribution in [0.5, 0.6) is 0 Å². The highest BCUT2D eigenvalue weighted by molar-refractivity contribution is 7.94. The van der Waals surface area contributed by atoms with E-state index in [1.54, 1.807) is 11.0 Å². The lowest BCUT2D eigenvalue weighted by Gasteiger charge is -2.33. The third kappa shape index (κ3) is 3.10. The fourth-order valence-electron chi connectivity index (χ4n) is 2.13. The van der Waals surface area contributed by atoms with E-state index in [0.29, 0.717) is 0 Å². The highest BCUT2D eigenvalue weighted by Crippen LogP contribution is 2.28. The number of anilines is 1. The topological polar surface area (TPSA) is 54.5 Å². The van der Waals surface area contributed by atoms with Crippen molar-refractivity contribution in [2.75, 3.05) is 10.7 Å². The molecule has 1 aromatic carbocycles. The van der Waals surface area contributed by atoms with Gasteiger partial charge >= 0.3 is 0 Å². The van der Waals surface area contributed by atoms with Crippen LogP contribution in [0.3, 0.4) is 0 Å². The zero-order valence-electron chi connectivity index (χ0n) is 11.9. The molecule has 1 amide bonds. The molecule has 0 aliphatic carbocycles. The Kier molecular flexibility index (Phi) is 3.73. The molecule has 2 rings (SSSR count). The molecule has 0 aromatic heterocycles. The van der Waals surface area contributed by atoms with Gasteiger partial charge in [0.2, 0.25) is 5.91 Å². The molecule has 20 heavy (non-hydrogen) atoms. The number of nitrogens with zero attached hydrogens (tertiary/aromatic N) is 1. The summed E-state index contributed by atoms with van der Waals surface area (Å²) in [5.74, 6) is -0.139. The predicted octanol–water partition coefficient (Wildman–Crippen LogP) is 2.38. The van der Waals surface area contributed by atoms with Gasteiger partial charge in [0.05, 0.1) is 11.8 Å². The molecule has 0 saturated carbocycles. The van der Waals surface area contributed by atoms with Crippen molar-refractivity contribution in [3.05, 3.63) is 41.8 Å². The number of amides is 1. The summed E-state index contributed by atoms with van der Waals surface area (Å²) >= 11 is 0. The Bertz CT molecular complexity index is 627. The van der Waals surface area contributed by atoms with E-state index in [2.05, 4.69) is 0 Å². The Balaban J connectivity index is 2.42. The molecule has 4 nitrogen and oxygen atoms in total. The van der Waals surface area contributed by atoms with Crippen molar-refractivity contribution in [3.8, 4) is 0 Å². The van der Waals surface area contributed by atoms with Gasteiger partial charge in [-0.15, -0.1) is 0 Å². The summed E-state index contributed by atoms with van der Waals surface area (Å²) in [5, 5.41) is 1.20. The highest BCUT2D eigenvalue weighted by Gasteiger charge is 2.36. The number of hydrogen-bond acceptors (Lipinski definition) is 3. The zero-order chi connectivity index (χ0) is 15.0. The van der Waals surface area contributed by atoms with Gasteiger partial charge in [-0.1, -0.05) is 39.0 Å². The van der Waals surface area contributed by atoms with Crippen LogP contribution in [0.2, 0.25) is 0 Å². The normalized spacial score (nSPS) is 20.9. The monoisotopic (exact) mass is 293 g/mol. The summed E-state index contributed by atoms with van der Waals surface area (Å²) in [6.45, 7) is 5.50. The summed E-state index contributed by atoms with van der Waals surface area (Å²) < 4.78 is 23.2. The molecule has 0 spiro atoms. The Labute approximate surface area is 120 Å². The van der Waals surface area contributed by atoms with Crippen molar-refractivity contribution in [1.29, 1.82) is 0 Å². The summed E-state index contributed by atoms with van der Waals surface area (Å²) in [7, 11) is -3.20. The minimum absolute atomic E-state index is 0.0519. The summed E-state index contributed by atoms with van der Waals surface area (Å²) in [6.07, 6.45) is 1.59. The Hall–Kier alpha value is -1.62. The van der Waals surface area contributed by atoms with Crippen LogP contribution in [0.1, 0.15) is 20.8 Å². The maximum absolute atomic E-state index is 12.7. The van der Waals surface area contributed by atoms with Crippen molar-refractivity contribution in [2.45, 2.75) is 26.8 Å². The molecule has 1 aliphatic heterocycles. The van der Waals surface area contributed by atoms with Crippen molar-refractivity contribution in [3.63, 3.8) is 0 Å². The van der Waals surface area contributed by atoms with Crippen LogP contribution < -0.4 is 4.90 Å². The molecule has 0 N–H and O–H groups in total. The lowest BCUT2D eigenvalue weighted by molar-refractivity contribution is -0.126. The average molecular weight is 293 g/mol. The fourth-order valence-corrected chi connectivity index (χ4v) is 3.40. The molecule has 0 saturated heterocycles. The minimum atomic E-state index is -3.20. The Morgan fingerprint density at radius 1 is 1.20 bits per heavy atom. The van der Waals surface area contributed by atoms with E-state index in [-0.39, 0.29) is 11.7 Å². The first-order chi connectivity index (χ1) is 9.21. The second kappa shape index (κ2) is 5.05. The van der Waals surface area contributed by atoms with Gasteiger partial charge in [-0.05, 0) is 18.2 Å². The fraction of sp³-hybridized carbons (Fsp3) is 0.400. The van der Waals surface area contributed by atoms with E-state index in [9.17, 15) is 13.2 Å². The maximum Gasteiger partial charge on any atom is 0.232 e. The molecule has 5 heteroatoms. The van der Waals surface area contributed by atoms with E-state index in [1.165, 1.54) is 5.41 Å². The highest BCUT2D eigenvalue weighted by atomic mass is 32.2. The van der Waals surface area contributed by atoms with E-state index in [4.69, 9.17) is 0 Å². The Morgan fingerprint density at radius 3 is 2.25 bits per heavy atom. The molecule has 1 aliphatic rings. The number of carbonyl (C=O) groups excluding carboxylic acids is 1. The van der Waals surface area contributed by atoms with Crippen LogP contribution in [0.4, 0.5) is 5.69 Å². The van der Waals surface area contributed by atoms with E-state index in [1.807, 2.05) is 51.1 Å². The SMILES string of the molecule is CC(C)(C)C(=O)N(c1ccccc1)C1C=CS(=O)(=O)C1. The first-order valence-electron chi connectivity index (χ1n) is 6.50. The van der Waals surface area contributed by atoms with Gasteiger partial charge in [0.25, 0.3) is 0 Å². The van der Waals surface area contributed by atoms with E-state index >= 15 is 0 Å². The number of carbonyl (C=O) groups is 1. The van der Waals surface area contributed by atoms with Gasteiger partial charge in [-0.2, -0.15) is 0 Å². The van der Waals surface area contributed by atoms with Crippen molar-refractivity contribution in [1.82, 2.24) is 0 Å². The number of benzene rings is 1. The molecule has 1 unspecified atom stereocenters. The van der Waals surface area contributed by atoms with Gasteiger partial charge in [0, 0.05) is 16.5 Å². The summed E-state index contributed by atoms with van der Waals surface area (Å²) in [4.78, 5) is 14.2. The van der Waals surface area contributed by atoms with Gasteiger partial charge in [-0.3, -0.25) is 4.79 Å². The number of para-hydroxylation sites is 1. The molecule has 1 aromatic rings. The number of rotatable bonds is 2. The third-order valence-electron chi connectivity index (χ3n) is 3.14. The van der Waals surface area contributed by atoms with Gasteiger partial charge in [0.15, 0.2) is 9.84 Å². The second-order valence-electron chi connectivity index (χ2n) is 5.99. The zero-order valence-corrected chi connectivity index (χ0v) is 12.7. The second-order valence-corrected chi connectivity index (χ2v) is 7.92. The lowest BCUT2D eigenvalue weighted by Crippen LogP contribution is -2.46. The number of sulfone groups is 1. The van der Waals surface area contributed by atoms with Crippen LogP contribution in [-0.2, 0) is 14.6 Å². The standard InChI is InChI=1S/C15H19NO3S/c1-15(2,3)14(17)16(12-7-5-4-6-8-12)13-9-10-20(18,19)11-13/h4-10,13H,11H2,1-3H3. The van der Waals surface area contributed by atoms with Gasteiger partial charge < -0.3 is 4.90 Å². The lowest BCUT2D eigenvalue weighted by atomic mass is 9.93. The van der Waals surface area contributed by atoms with Gasteiger partial charge in [-0.25, -0.2) is 8.42 Å². The smallest absolute Gasteiger partial charge is 0.232 e. The molecule has 0 bridgehead atoms. The van der Waals surface area contributed by atoms with Crippen LogP contribution in [0.25, 0.3) is 0 Å². The van der Waals surface area contributed by atoms with Crippen LogP contribution >= 0.6 is 0 Å². The summed E-state index contributed by atoms with van der Waals surface area (Å²) in [6, 6.07) is 8.75. The molecule has 0 radical (unpaired) electrons. The largest absolute Gasteiger partial charge is 0.304 e. The third-order valence-corrected chi connectivity index (χ3v) is 4.52. The van der Waals surface area contributed by atoms with Crippen molar-refractivity contribution >= 4 is 21.4 Å². The van der Waals surface area contributed by atoms with Crippen LogP contribution in [0.15, 0.2) is 41.8 Å². The van der Waals surface area contributed by atoms with Crippen molar-refractivity contribution < 1.29 is 13.2 Å². The molecule has 108 valence electrons. The van der Waals surface area contributed by atoms with E-state index < -0.39 is 21.3 Å².